The van der Waals surface area contributed by atoms with Crippen molar-refractivity contribution in [3.63, 3.8) is 0 Å². The molecule has 0 aliphatic rings. The van der Waals surface area contributed by atoms with E-state index in [0.717, 1.165) is 11.1 Å². The van der Waals surface area contributed by atoms with Crippen molar-refractivity contribution in [2.45, 2.75) is 25.4 Å². The van der Waals surface area contributed by atoms with E-state index in [1.807, 2.05) is 66.7 Å². The fourth-order valence-electron chi connectivity index (χ4n) is 3.53. The number of nitrogens with one attached hydrogen (secondary N) is 1. The monoisotopic (exact) mass is 414 g/mol. The average Bonchev–Trinajstić information content (AvgIpc) is 3.32. The Morgan fingerprint density at radius 2 is 1.71 bits per heavy atom. The molecule has 0 bridgehead atoms. The Morgan fingerprint density at radius 1 is 1.00 bits per heavy atom. The van der Waals surface area contributed by atoms with Crippen LogP contribution in [-0.4, -0.2) is 20.7 Å². The summed E-state index contributed by atoms with van der Waals surface area (Å²) in [4.78, 5) is 17.0. The molecule has 0 radical (unpaired) electrons. The molecule has 1 amide bonds. The summed E-state index contributed by atoms with van der Waals surface area (Å²) < 4.78 is 16.5. The molecule has 0 spiro atoms. The molecule has 4 aromatic rings. The van der Waals surface area contributed by atoms with Crippen LogP contribution in [0.15, 0.2) is 91.5 Å². The number of amides is 1. The minimum absolute atomic E-state index is 0.180. The molecule has 0 aliphatic heterocycles. The van der Waals surface area contributed by atoms with Crippen molar-refractivity contribution in [1.82, 2.24) is 20.1 Å². The van der Waals surface area contributed by atoms with Crippen molar-refractivity contribution in [3.05, 3.63) is 108 Å². The highest BCUT2D eigenvalue weighted by Crippen LogP contribution is 2.27. The van der Waals surface area contributed by atoms with Crippen LogP contribution in [0.4, 0.5) is 4.39 Å². The van der Waals surface area contributed by atoms with E-state index >= 15 is 0 Å². The maximum absolute atomic E-state index is 14.8. The Hall–Kier alpha value is -3.80. The predicted octanol–water partition coefficient (Wildman–Crippen LogP) is 4.75. The van der Waals surface area contributed by atoms with Gasteiger partial charge in [0.25, 0.3) is 0 Å². The van der Waals surface area contributed by atoms with Crippen LogP contribution in [0.25, 0.3) is 11.1 Å². The van der Waals surface area contributed by atoms with Crippen molar-refractivity contribution in [2.75, 3.05) is 0 Å². The lowest BCUT2D eigenvalue weighted by molar-refractivity contribution is -0.123. The van der Waals surface area contributed by atoms with Crippen LogP contribution in [-0.2, 0) is 11.3 Å². The fraction of sp³-hybridized carbons (Fsp3) is 0.160. The lowest BCUT2D eigenvalue weighted by Gasteiger charge is -2.22. The van der Waals surface area contributed by atoms with Crippen molar-refractivity contribution in [1.29, 1.82) is 0 Å². The minimum Gasteiger partial charge on any atom is -0.347 e. The third-order valence-corrected chi connectivity index (χ3v) is 5.33. The lowest BCUT2D eigenvalue weighted by atomic mass is 9.95. The van der Waals surface area contributed by atoms with Gasteiger partial charge in [-0.05, 0) is 29.7 Å². The van der Waals surface area contributed by atoms with Gasteiger partial charge in [0.15, 0.2) is 0 Å². The molecule has 2 atom stereocenters. The Morgan fingerprint density at radius 3 is 2.35 bits per heavy atom. The maximum Gasteiger partial charge on any atom is 0.227 e. The van der Waals surface area contributed by atoms with E-state index in [0.29, 0.717) is 17.7 Å². The Kier molecular flexibility index (Phi) is 6.17. The summed E-state index contributed by atoms with van der Waals surface area (Å²) in [6.07, 6.45) is 3.08. The highest BCUT2D eigenvalue weighted by molar-refractivity contribution is 5.84. The van der Waals surface area contributed by atoms with Crippen molar-refractivity contribution < 1.29 is 9.18 Å². The Balaban J connectivity index is 1.53. The molecule has 0 aliphatic carbocycles. The average molecular weight is 414 g/mol. The zero-order chi connectivity index (χ0) is 21.6. The molecule has 0 unspecified atom stereocenters. The summed E-state index contributed by atoms with van der Waals surface area (Å²) in [6.45, 7) is 2.23. The van der Waals surface area contributed by atoms with Gasteiger partial charge in [-0.2, -0.15) is 5.10 Å². The van der Waals surface area contributed by atoms with E-state index in [1.165, 1.54) is 12.4 Å². The Bertz CT molecular complexity index is 1130. The van der Waals surface area contributed by atoms with Crippen LogP contribution in [0.2, 0.25) is 0 Å². The quantitative estimate of drug-likeness (QED) is 0.475. The van der Waals surface area contributed by atoms with Gasteiger partial charge in [-0.1, -0.05) is 72.8 Å². The number of nitrogens with zero attached hydrogens (tertiary/aromatic N) is 3. The molecule has 31 heavy (non-hydrogen) atoms. The third kappa shape index (κ3) is 4.86. The van der Waals surface area contributed by atoms with Gasteiger partial charge < -0.3 is 5.32 Å². The SMILES string of the molecule is C[C@H](C(=O)N[C@H](Cn1cncn1)c1ccccc1)c1ccc(-c2ccccc2)c(F)c1. The van der Waals surface area contributed by atoms with E-state index in [1.54, 1.807) is 24.0 Å². The highest BCUT2D eigenvalue weighted by atomic mass is 19.1. The topological polar surface area (TPSA) is 59.8 Å². The number of benzene rings is 3. The first-order valence-corrected chi connectivity index (χ1v) is 10.1. The second-order valence-corrected chi connectivity index (χ2v) is 7.42. The standard InChI is InChI=1S/C25H23FN4O/c1-18(21-12-13-22(23(26)14-21)19-8-4-2-5-9-19)25(31)29-24(15-30-17-27-16-28-30)20-10-6-3-7-11-20/h2-14,16-18,24H,15H2,1H3,(H,29,31)/t18-,24+/m0/s1. The summed E-state index contributed by atoms with van der Waals surface area (Å²) >= 11 is 0. The van der Waals surface area contributed by atoms with Crippen LogP contribution in [0.1, 0.15) is 30.0 Å². The van der Waals surface area contributed by atoms with E-state index < -0.39 is 5.92 Å². The third-order valence-electron chi connectivity index (χ3n) is 5.33. The number of rotatable bonds is 7. The second kappa shape index (κ2) is 9.34. The first kappa shape index (κ1) is 20.5. The summed E-state index contributed by atoms with van der Waals surface area (Å²) in [7, 11) is 0. The molecule has 156 valence electrons. The molecule has 1 N–H and O–H groups in total. The molecule has 0 saturated carbocycles. The van der Waals surface area contributed by atoms with E-state index in [9.17, 15) is 9.18 Å². The molecule has 0 saturated heterocycles. The summed E-state index contributed by atoms with van der Waals surface area (Å²) in [5, 5.41) is 7.23. The predicted molar refractivity (Wildman–Crippen MR) is 118 cm³/mol. The van der Waals surface area contributed by atoms with Gasteiger partial charge in [0.1, 0.15) is 18.5 Å². The first-order chi connectivity index (χ1) is 15.1. The fourth-order valence-corrected chi connectivity index (χ4v) is 3.53. The number of halogens is 1. The van der Waals surface area contributed by atoms with Gasteiger partial charge in [0, 0.05) is 5.56 Å². The van der Waals surface area contributed by atoms with Gasteiger partial charge in [-0.25, -0.2) is 9.37 Å². The Labute approximate surface area is 180 Å². The number of carbonyl (C=O) groups is 1. The van der Waals surface area contributed by atoms with Crippen molar-refractivity contribution in [3.8, 4) is 11.1 Å². The number of aromatic nitrogens is 3. The maximum atomic E-state index is 14.8. The molecular weight excluding hydrogens is 391 g/mol. The van der Waals surface area contributed by atoms with Crippen LogP contribution in [0.5, 0.6) is 0 Å². The molecular formula is C25H23FN4O. The van der Waals surface area contributed by atoms with Crippen molar-refractivity contribution >= 4 is 5.91 Å². The van der Waals surface area contributed by atoms with Gasteiger partial charge in [-0.3, -0.25) is 9.48 Å². The van der Waals surface area contributed by atoms with E-state index in [2.05, 4.69) is 15.4 Å². The minimum atomic E-state index is -0.513. The van der Waals surface area contributed by atoms with Gasteiger partial charge in [-0.15, -0.1) is 0 Å². The number of hydrogen-bond acceptors (Lipinski definition) is 3. The molecule has 1 heterocycles. The largest absolute Gasteiger partial charge is 0.347 e. The van der Waals surface area contributed by atoms with Crippen LogP contribution in [0.3, 0.4) is 0 Å². The van der Waals surface area contributed by atoms with E-state index in [4.69, 9.17) is 0 Å². The molecule has 3 aromatic carbocycles. The highest BCUT2D eigenvalue weighted by Gasteiger charge is 2.22. The molecule has 0 fully saturated rings. The molecule has 6 heteroatoms. The normalized spacial score (nSPS) is 12.8. The number of carbonyl (C=O) groups excluding carboxylic acids is 1. The second-order valence-electron chi connectivity index (χ2n) is 7.42. The van der Waals surface area contributed by atoms with Crippen LogP contribution >= 0.6 is 0 Å². The molecule has 4 rings (SSSR count). The smallest absolute Gasteiger partial charge is 0.227 e. The zero-order valence-electron chi connectivity index (χ0n) is 17.1. The van der Waals surface area contributed by atoms with Gasteiger partial charge in [0.2, 0.25) is 5.91 Å². The van der Waals surface area contributed by atoms with Gasteiger partial charge >= 0.3 is 0 Å². The number of hydrogen-bond donors (Lipinski definition) is 1. The zero-order valence-corrected chi connectivity index (χ0v) is 17.1. The van der Waals surface area contributed by atoms with Crippen LogP contribution in [0, 0.1) is 5.82 Å². The summed E-state index contributed by atoms with van der Waals surface area (Å²) in [5.41, 5.74) is 2.91. The summed E-state index contributed by atoms with van der Waals surface area (Å²) in [6, 6.07) is 23.8. The van der Waals surface area contributed by atoms with Crippen molar-refractivity contribution in [2.24, 2.45) is 0 Å². The van der Waals surface area contributed by atoms with E-state index in [-0.39, 0.29) is 17.8 Å². The first-order valence-electron chi connectivity index (χ1n) is 10.1. The van der Waals surface area contributed by atoms with Crippen LogP contribution < -0.4 is 5.32 Å². The van der Waals surface area contributed by atoms with Gasteiger partial charge in [0.05, 0.1) is 18.5 Å². The molecule has 5 nitrogen and oxygen atoms in total. The lowest BCUT2D eigenvalue weighted by Crippen LogP contribution is -2.34. The summed E-state index contributed by atoms with van der Waals surface area (Å²) in [5.74, 6) is -1.03. The molecule has 1 aromatic heterocycles.